The number of rotatable bonds is 4. The van der Waals surface area contributed by atoms with Crippen LogP contribution in [0.1, 0.15) is 33.6 Å². The number of piperidine rings is 1. The Morgan fingerprint density at radius 3 is 2.44 bits per heavy atom. The third-order valence-corrected chi connectivity index (χ3v) is 5.73. The van der Waals surface area contributed by atoms with Crippen molar-refractivity contribution in [3.8, 4) is 0 Å². The van der Waals surface area contributed by atoms with Gasteiger partial charge >= 0.3 is 6.09 Å². The zero-order chi connectivity index (χ0) is 19.4. The monoisotopic (exact) mass is 379 g/mol. The number of nitrogens with zero attached hydrogens (tertiary/aromatic N) is 4. The molecule has 0 bridgehead atoms. The second kappa shape index (κ2) is 9.03. The fourth-order valence-electron chi connectivity index (χ4n) is 3.89. The maximum absolute atomic E-state index is 12.4. The third-order valence-electron chi connectivity index (χ3n) is 5.73. The topological polar surface area (TPSA) is 68.4 Å². The van der Waals surface area contributed by atoms with Crippen molar-refractivity contribution in [3.63, 3.8) is 0 Å². The second-order valence-electron chi connectivity index (χ2n) is 7.75. The standard InChI is InChI=1S/C19H33N5O3/c1-4-24-18(25)6-5-17(20-24)22-9-7-16(8-10-22)27-19(26)23-13-11-21(12-14-23)15(2)3/h5-6,15-17,20H,4,7-14H2,1-3H3. The van der Waals surface area contributed by atoms with Gasteiger partial charge in [-0.05, 0) is 39.7 Å². The summed E-state index contributed by atoms with van der Waals surface area (Å²) < 4.78 is 5.76. The van der Waals surface area contributed by atoms with Crippen molar-refractivity contribution in [2.75, 3.05) is 45.8 Å². The number of likely N-dealkylation sites (N-methyl/N-ethyl adjacent to an activating group) is 1. The molecule has 1 N–H and O–H groups in total. The first kappa shape index (κ1) is 20.1. The number of amides is 2. The van der Waals surface area contributed by atoms with Crippen LogP contribution in [0.4, 0.5) is 4.79 Å². The Bertz CT molecular complexity index is 552. The highest BCUT2D eigenvalue weighted by Crippen LogP contribution is 2.19. The SMILES string of the molecule is CCN1NC(N2CCC(OC(=O)N3CCN(C(C)C)CC3)CC2)C=CC1=O. The first-order chi connectivity index (χ1) is 13.0. The van der Waals surface area contributed by atoms with Gasteiger partial charge in [0.15, 0.2) is 0 Å². The lowest BCUT2D eigenvalue weighted by Gasteiger charge is -2.40. The number of hydrogen-bond acceptors (Lipinski definition) is 6. The van der Waals surface area contributed by atoms with Crippen molar-refractivity contribution < 1.29 is 14.3 Å². The maximum atomic E-state index is 12.4. The number of hydrazine groups is 1. The van der Waals surface area contributed by atoms with Gasteiger partial charge in [0.2, 0.25) is 0 Å². The van der Waals surface area contributed by atoms with E-state index < -0.39 is 0 Å². The average Bonchev–Trinajstić information content (AvgIpc) is 2.69. The van der Waals surface area contributed by atoms with Crippen LogP contribution >= 0.6 is 0 Å². The van der Waals surface area contributed by atoms with Gasteiger partial charge in [-0.2, -0.15) is 0 Å². The predicted octanol–water partition coefficient (Wildman–Crippen LogP) is 0.862. The lowest BCUT2D eigenvalue weighted by Crippen LogP contribution is -2.58. The van der Waals surface area contributed by atoms with Crippen molar-refractivity contribution in [3.05, 3.63) is 12.2 Å². The molecule has 0 aromatic carbocycles. The Kier molecular flexibility index (Phi) is 6.73. The van der Waals surface area contributed by atoms with Crippen molar-refractivity contribution in [1.82, 2.24) is 25.1 Å². The average molecular weight is 380 g/mol. The maximum Gasteiger partial charge on any atom is 0.410 e. The molecule has 8 nitrogen and oxygen atoms in total. The summed E-state index contributed by atoms with van der Waals surface area (Å²) in [6.07, 6.45) is 5.03. The Balaban J connectivity index is 1.41. The molecule has 2 saturated heterocycles. The lowest BCUT2D eigenvalue weighted by molar-refractivity contribution is -0.132. The minimum Gasteiger partial charge on any atom is -0.446 e. The van der Waals surface area contributed by atoms with E-state index in [9.17, 15) is 9.59 Å². The van der Waals surface area contributed by atoms with Crippen LogP contribution in [0, 0.1) is 0 Å². The summed E-state index contributed by atoms with van der Waals surface area (Å²) in [7, 11) is 0. The molecule has 0 radical (unpaired) electrons. The van der Waals surface area contributed by atoms with Crippen molar-refractivity contribution in [2.24, 2.45) is 0 Å². The fraction of sp³-hybridized carbons (Fsp3) is 0.789. The van der Waals surface area contributed by atoms with Gasteiger partial charge in [-0.25, -0.2) is 10.2 Å². The summed E-state index contributed by atoms with van der Waals surface area (Å²) in [5.41, 5.74) is 3.25. The number of hydrogen-bond donors (Lipinski definition) is 1. The number of likely N-dealkylation sites (tertiary alicyclic amines) is 1. The van der Waals surface area contributed by atoms with E-state index in [-0.39, 0.29) is 24.3 Å². The molecule has 1 atom stereocenters. The van der Waals surface area contributed by atoms with Crippen molar-refractivity contribution >= 4 is 12.0 Å². The van der Waals surface area contributed by atoms with Crippen LogP contribution in [0.15, 0.2) is 12.2 Å². The molecule has 2 fully saturated rings. The normalized spacial score (nSPS) is 26.1. The van der Waals surface area contributed by atoms with Gasteiger partial charge in [0.05, 0.1) is 6.17 Å². The number of carbonyl (C=O) groups excluding carboxylic acids is 2. The number of ether oxygens (including phenoxy) is 1. The molecule has 0 aromatic heterocycles. The summed E-state index contributed by atoms with van der Waals surface area (Å²) in [6, 6.07) is 0.522. The van der Waals surface area contributed by atoms with E-state index in [4.69, 9.17) is 4.74 Å². The molecule has 0 aliphatic carbocycles. The molecule has 152 valence electrons. The second-order valence-corrected chi connectivity index (χ2v) is 7.75. The first-order valence-corrected chi connectivity index (χ1v) is 10.2. The molecule has 0 saturated carbocycles. The minimum absolute atomic E-state index is 0.00451. The van der Waals surface area contributed by atoms with Crippen molar-refractivity contribution in [2.45, 2.75) is 51.9 Å². The highest BCUT2D eigenvalue weighted by molar-refractivity contribution is 5.88. The molecule has 1 unspecified atom stereocenters. The van der Waals surface area contributed by atoms with Crippen LogP contribution in [-0.4, -0.2) is 95.8 Å². The summed E-state index contributed by atoms with van der Waals surface area (Å²) in [6.45, 7) is 12.0. The molecule has 27 heavy (non-hydrogen) atoms. The Labute approximate surface area is 162 Å². The third kappa shape index (κ3) is 5.00. The number of carbonyl (C=O) groups is 2. The van der Waals surface area contributed by atoms with E-state index in [0.717, 1.165) is 52.1 Å². The summed E-state index contributed by atoms with van der Waals surface area (Å²) in [5, 5.41) is 1.63. The molecular formula is C19H33N5O3. The van der Waals surface area contributed by atoms with Crippen LogP contribution in [0.5, 0.6) is 0 Å². The zero-order valence-electron chi connectivity index (χ0n) is 16.8. The lowest BCUT2D eigenvalue weighted by atomic mass is 10.1. The summed E-state index contributed by atoms with van der Waals surface area (Å²) >= 11 is 0. The molecule has 0 spiro atoms. The number of piperazine rings is 1. The Morgan fingerprint density at radius 1 is 1.19 bits per heavy atom. The van der Waals surface area contributed by atoms with Gasteiger partial charge in [-0.3, -0.25) is 19.6 Å². The van der Waals surface area contributed by atoms with E-state index in [1.165, 1.54) is 0 Å². The molecule has 3 rings (SSSR count). The van der Waals surface area contributed by atoms with Crippen LogP contribution in [0.3, 0.4) is 0 Å². The zero-order valence-corrected chi connectivity index (χ0v) is 16.8. The smallest absolute Gasteiger partial charge is 0.410 e. The van der Waals surface area contributed by atoms with Crippen LogP contribution < -0.4 is 5.43 Å². The van der Waals surface area contributed by atoms with Gasteiger partial charge < -0.3 is 9.64 Å². The summed E-state index contributed by atoms with van der Waals surface area (Å²) in [4.78, 5) is 30.7. The van der Waals surface area contributed by atoms with Gasteiger partial charge in [-0.1, -0.05) is 0 Å². The van der Waals surface area contributed by atoms with Gasteiger partial charge in [0.25, 0.3) is 5.91 Å². The van der Waals surface area contributed by atoms with E-state index in [2.05, 4.69) is 29.1 Å². The van der Waals surface area contributed by atoms with Crippen LogP contribution in [0.25, 0.3) is 0 Å². The molecule has 2 amide bonds. The highest BCUT2D eigenvalue weighted by atomic mass is 16.6. The molecule has 0 aromatic rings. The van der Waals surface area contributed by atoms with Gasteiger partial charge in [0, 0.05) is 57.9 Å². The first-order valence-electron chi connectivity index (χ1n) is 10.2. The van der Waals surface area contributed by atoms with E-state index in [1.807, 2.05) is 17.9 Å². The minimum atomic E-state index is -0.171. The predicted molar refractivity (Wildman–Crippen MR) is 103 cm³/mol. The quantitative estimate of drug-likeness (QED) is 0.782. The molecule has 8 heteroatoms. The fourth-order valence-corrected chi connectivity index (χ4v) is 3.89. The highest BCUT2D eigenvalue weighted by Gasteiger charge is 2.31. The van der Waals surface area contributed by atoms with Crippen molar-refractivity contribution in [1.29, 1.82) is 0 Å². The number of nitrogens with one attached hydrogen (secondary N) is 1. The van der Waals surface area contributed by atoms with Gasteiger partial charge in [-0.15, -0.1) is 0 Å². The van der Waals surface area contributed by atoms with Gasteiger partial charge in [0.1, 0.15) is 6.10 Å². The Hall–Kier alpha value is -1.64. The molecule has 3 heterocycles. The molecular weight excluding hydrogens is 346 g/mol. The largest absolute Gasteiger partial charge is 0.446 e. The van der Waals surface area contributed by atoms with E-state index >= 15 is 0 Å². The molecule has 3 aliphatic heterocycles. The van der Waals surface area contributed by atoms with Crippen LogP contribution in [-0.2, 0) is 9.53 Å². The van der Waals surface area contributed by atoms with E-state index in [1.54, 1.807) is 11.1 Å². The summed E-state index contributed by atoms with van der Waals surface area (Å²) in [5.74, 6) is -0.00451. The van der Waals surface area contributed by atoms with E-state index in [0.29, 0.717) is 12.6 Å². The molecule has 3 aliphatic rings. The van der Waals surface area contributed by atoms with Crippen LogP contribution in [0.2, 0.25) is 0 Å². The Morgan fingerprint density at radius 2 is 1.85 bits per heavy atom.